The highest BCUT2D eigenvalue weighted by molar-refractivity contribution is 5.83. The van der Waals surface area contributed by atoms with E-state index in [1.54, 1.807) is 15.3 Å². The van der Waals surface area contributed by atoms with E-state index in [1.807, 2.05) is 38.1 Å². The molecule has 1 saturated heterocycles. The number of imidazole rings is 1. The SMILES string of the molecule is CC(C)n1c(=O)c2c(-c3nc(C4CCC(C)(C)O4)no3)ncn2c2ccccc21. The van der Waals surface area contributed by atoms with Crippen LogP contribution in [0.2, 0.25) is 0 Å². The van der Waals surface area contributed by atoms with Gasteiger partial charge in [-0.2, -0.15) is 4.98 Å². The first-order valence-corrected chi connectivity index (χ1v) is 9.88. The molecule has 0 aliphatic carbocycles. The molecule has 4 heterocycles. The van der Waals surface area contributed by atoms with E-state index in [0.717, 1.165) is 23.9 Å². The normalized spacial score (nSPS) is 19.0. The average Bonchev–Trinajstić information content (AvgIpc) is 3.38. The van der Waals surface area contributed by atoms with Gasteiger partial charge in [-0.25, -0.2) is 4.98 Å². The fraction of sp³-hybridized carbons (Fsp3) is 0.429. The largest absolute Gasteiger partial charge is 0.364 e. The lowest BCUT2D eigenvalue weighted by Gasteiger charge is -2.17. The maximum absolute atomic E-state index is 13.4. The number of benzene rings is 1. The first-order chi connectivity index (χ1) is 13.9. The van der Waals surface area contributed by atoms with E-state index in [-0.39, 0.29) is 29.2 Å². The van der Waals surface area contributed by atoms with Crippen LogP contribution in [0.4, 0.5) is 0 Å². The number of rotatable bonds is 3. The predicted octanol–water partition coefficient (Wildman–Crippen LogP) is 3.91. The Kier molecular flexibility index (Phi) is 3.89. The van der Waals surface area contributed by atoms with E-state index in [2.05, 4.69) is 29.0 Å². The van der Waals surface area contributed by atoms with Crippen molar-refractivity contribution in [3.05, 3.63) is 46.8 Å². The quantitative estimate of drug-likeness (QED) is 0.524. The number of aromatic nitrogens is 5. The molecular weight excluding hydrogens is 370 g/mol. The van der Waals surface area contributed by atoms with Crippen LogP contribution in [0.3, 0.4) is 0 Å². The molecule has 1 aliphatic heterocycles. The summed E-state index contributed by atoms with van der Waals surface area (Å²) in [4.78, 5) is 22.4. The van der Waals surface area contributed by atoms with Gasteiger partial charge >= 0.3 is 0 Å². The monoisotopic (exact) mass is 393 g/mol. The Morgan fingerprint density at radius 3 is 2.66 bits per heavy atom. The minimum Gasteiger partial charge on any atom is -0.364 e. The molecule has 1 fully saturated rings. The molecule has 0 spiro atoms. The van der Waals surface area contributed by atoms with Crippen molar-refractivity contribution >= 4 is 16.6 Å². The minimum absolute atomic E-state index is 0.00693. The van der Waals surface area contributed by atoms with Crippen molar-refractivity contribution in [2.24, 2.45) is 0 Å². The van der Waals surface area contributed by atoms with Crippen molar-refractivity contribution in [2.75, 3.05) is 0 Å². The van der Waals surface area contributed by atoms with E-state index in [9.17, 15) is 4.79 Å². The average molecular weight is 393 g/mol. The maximum atomic E-state index is 13.4. The fourth-order valence-electron chi connectivity index (χ4n) is 4.12. The van der Waals surface area contributed by atoms with Gasteiger partial charge in [-0.3, -0.25) is 9.20 Å². The van der Waals surface area contributed by atoms with Crippen LogP contribution in [0.5, 0.6) is 0 Å². The molecule has 0 N–H and O–H groups in total. The summed E-state index contributed by atoms with van der Waals surface area (Å²) >= 11 is 0. The Hall–Kier alpha value is -3.00. The van der Waals surface area contributed by atoms with E-state index in [1.165, 1.54) is 0 Å². The maximum Gasteiger partial charge on any atom is 0.279 e. The van der Waals surface area contributed by atoms with Gasteiger partial charge in [-0.15, -0.1) is 0 Å². The Morgan fingerprint density at radius 2 is 1.97 bits per heavy atom. The molecule has 1 unspecified atom stereocenters. The third-order valence-electron chi connectivity index (χ3n) is 5.51. The van der Waals surface area contributed by atoms with Crippen LogP contribution in [-0.4, -0.2) is 29.7 Å². The fourth-order valence-corrected chi connectivity index (χ4v) is 4.12. The number of nitrogens with zero attached hydrogens (tertiary/aromatic N) is 5. The molecule has 1 aliphatic rings. The second-order valence-corrected chi connectivity index (χ2v) is 8.43. The smallest absolute Gasteiger partial charge is 0.279 e. The molecule has 0 amide bonds. The van der Waals surface area contributed by atoms with Crippen LogP contribution in [0.15, 0.2) is 39.9 Å². The Bertz CT molecular complexity index is 1280. The van der Waals surface area contributed by atoms with Gasteiger partial charge in [0.25, 0.3) is 11.4 Å². The predicted molar refractivity (Wildman–Crippen MR) is 108 cm³/mol. The van der Waals surface area contributed by atoms with Crippen LogP contribution >= 0.6 is 0 Å². The Morgan fingerprint density at radius 1 is 1.21 bits per heavy atom. The third kappa shape index (κ3) is 2.78. The van der Waals surface area contributed by atoms with Gasteiger partial charge in [0.2, 0.25) is 5.82 Å². The van der Waals surface area contributed by atoms with Crippen molar-refractivity contribution in [2.45, 2.75) is 58.3 Å². The number of hydrogen-bond donors (Lipinski definition) is 0. The second kappa shape index (κ2) is 6.25. The molecule has 8 nitrogen and oxygen atoms in total. The zero-order chi connectivity index (χ0) is 20.3. The Balaban J connectivity index is 1.69. The minimum atomic E-state index is -0.204. The topological polar surface area (TPSA) is 87.5 Å². The molecule has 0 bridgehead atoms. The summed E-state index contributed by atoms with van der Waals surface area (Å²) in [6, 6.07) is 7.78. The second-order valence-electron chi connectivity index (χ2n) is 8.43. The van der Waals surface area contributed by atoms with E-state index in [4.69, 9.17) is 9.26 Å². The highest BCUT2D eigenvalue weighted by Gasteiger charge is 2.35. The molecule has 8 heteroatoms. The summed E-state index contributed by atoms with van der Waals surface area (Å²) in [5, 5.41) is 4.11. The molecule has 29 heavy (non-hydrogen) atoms. The first kappa shape index (κ1) is 18.1. The molecule has 5 rings (SSSR count). The standard InChI is InChI=1S/C21H23N5O3/c1-12(2)26-14-8-6-5-7-13(14)25-11-22-16(17(25)20(26)27)19-23-18(24-29-19)15-9-10-21(3,4)28-15/h5-8,11-12,15H,9-10H2,1-4H3. The van der Waals surface area contributed by atoms with E-state index < -0.39 is 0 Å². The lowest BCUT2D eigenvalue weighted by atomic mass is 10.1. The summed E-state index contributed by atoms with van der Waals surface area (Å²) in [5.74, 6) is 0.732. The summed E-state index contributed by atoms with van der Waals surface area (Å²) in [6.45, 7) is 8.08. The third-order valence-corrected chi connectivity index (χ3v) is 5.51. The van der Waals surface area contributed by atoms with Crippen molar-refractivity contribution in [3.8, 4) is 11.6 Å². The van der Waals surface area contributed by atoms with Crippen molar-refractivity contribution in [1.29, 1.82) is 0 Å². The van der Waals surface area contributed by atoms with Crippen molar-refractivity contribution in [1.82, 2.24) is 24.1 Å². The molecule has 0 radical (unpaired) electrons. The lowest BCUT2D eigenvalue weighted by Crippen LogP contribution is -2.24. The van der Waals surface area contributed by atoms with Crippen LogP contribution in [0.25, 0.3) is 28.1 Å². The zero-order valence-corrected chi connectivity index (χ0v) is 16.9. The lowest BCUT2D eigenvalue weighted by molar-refractivity contribution is -0.0207. The molecule has 3 aromatic heterocycles. The van der Waals surface area contributed by atoms with Gasteiger partial charge in [-0.1, -0.05) is 17.3 Å². The summed E-state index contributed by atoms with van der Waals surface area (Å²) in [5.41, 5.74) is 2.25. The van der Waals surface area contributed by atoms with Gasteiger partial charge in [0.15, 0.2) is 5.69 Å². The number of para-hydroxylation sites is 2. The zero-order valence-electron chi connectivity index (χ0n) is 16.9. The van der Waals surface area contributed by atoms with Crippen molar-refractivity contribution in [3.63, 3.8) is 0 Å². The van der Waals surface area contributed by atoms with Gasteiger partial charge in [-0.05, 0) is 52.7 Å². The highest BCUT2D eigenvalue weighted by Crippen LogP contribution is 2.38. The summed E-state index contributed by atoms with van der Waals surface area (Å²) in [7, 11) is 0. The van der Waals surface area contributed by atoms with Gasteiger partial charge in [0, 0.05) is 6.04 Å². The van der Waals surface area contributed by atoms with Crippen LogP contribution < -0.4 is 5.56 Å². The van der Waals surface area contributed by atoms with Crippen LogP contribution in [-0.2, 0) is 4.74 Å². The number of fused-ring (bicyclic) bond motifs is 3. The molecule has 1 aromatic carbocycles. The number of ether oxygens (including phenoxy) is 1. The van der Waals surface area contributed by atoms with E-state index in [0.29, 0.717) is 17.0 Å². The molecule has 4 aromatic rings. The highest BCUT2D eigenvalue weighted by atomic mass is 16.5. The van der Waals surface area contributed by atoms with Gasteiger partial charge < -0.3 is 13.8 Å². The summed E-state index contributed by atoms with van der Waals surface area (Å²) < 4.78 is 15.1. The van der Waals surface area contributed by atoms with Gasteiger partial charge in [0.05, 0.1) is 16.6 Å². The van der Waals surface area contributed by atoms with Crippen molar-refractivity contribution < 1.29 is 9.26 Å². The van der Waals surface area contributed by atoms with Gasteiger partial charge in [0.1, 0.15) is 17.9 Å². The molecular formula is C21H23N5O3. The van der Waals surface area contributed by atoms with E-state index >= 15 is 0 Å². The summed E-state index contributed by atoms with van der Waals surface area (Å²) in [6.07, 6.45) is 3.20. The number of hydrogen-bond acceptors (Lipinski definition) is 6. The van der Waals surface area contributed by atoms with Crippen LogP contribution in [0.1, 0.15) is 58.5 Å². The van der Waals surface area contributed by atoms with Crippen LogP contribution in [0, 0.1) is 0 Å². The molecule has 150 valence electrons. The first-order valence-electron chi connectivity index (χ1n) is 9.88. The molecule has 1 atom stereocenters. The Labute approximate surface area is 167 Å². The molecule has 0 saturated carbocycles.